The molecule has 0 amide bonds. The first-order valence-electron chi connectivity index (χ1n) is 13.6. The third-order valence-electron chi connectivity index (χ3n) is 7.05. The Kier molecular flexibility index (Phi) is 8.91. The van der Waals surface area contributed by atoms with Gasteiger partial charge in [-0.15, -0.1) is 18.2 Å². The first-order chi connectivity index (χ1) is 19.4. The number of nitrogens with zero attached hydrogens (tertiary/aromatic N) is 1. The number of furan rings is 2. The summed E-state index contributed by atoms with van der Waals surface area (Å²) in [5.41, 5.74) is 9.13. The number of fused-ring (bicyclic) bond motifs is 4. The number of hydrogen-bond acceptors (Lipinski definition) is 5. The fourth-order valence-corrected chi connectivity index (χ4v) is 5.15. The van der Waals surface area contributed by atoms with Gasteiger partial charge in [0.1, 0.15) is 16.9 Å². The second kappa shape index (κ2) is 12.1. The summed E-state index contributed by atoms with van der Waals surface area (Å²) in [6.45, 7) is 13.9. The van der Waals surface area contributed by atoms with Crippen molar-refractivity contribution < 1.29 is 38.8 Å². The molecular weight excluding hydrogens is 703 g/mol. The van der Waals surface area contributed by atoms with Crippen molar-refractivity contribution in [2.24, 2.45) is 0 Å². The molecule has 6 rings (SSSR count). The summed E-state index contributed by atoms with van der Waals surface area (Å²) in [5.74, 6) is 0.808. The van der Waals surface area contributed by atoms with Crippen LogP contribution in [0.25, 0.3) is 55.5 Å². The standard InChI is InChI=1S/C31H26NO2.C5H8O2.Ir/c1-18-13-21(31(3,4)5)14-19(2)29(18)28-15-20-17-32-25(16-27(20)33-28)24-11-8-10-23-22-9-6-7-12-26(22)34-30(23)24;1-4(6)3-5(2)7;/h6-10,12-17H,1-5H3;3,6H,1-2H3;/q-1;;/b;4-3-;. The van der Waals surface area contributed by atoms with Crippen LogP contribution in [-0.2, 0) is 30.3 Å². The number of aliphatic hydroxyl groups excluding tert-OH is 1. The van der Waals surface area contributed by atoms with Gasteiger partial charge in [-0.2, -0.15) is 0 Å². The molecule has 6 heteroatoms. The van der Waals surface area contributed by atoms with Gasteiger partial charge in [-0.3, -0.25) is 4.79 Å². The zero-order chi connectivity index (χ0) is 29.5. The van der Waals surface area contributed by atoms with Crippen LogP contribution in [0.15, 0.2) is 87.5 Å². The van der Waals surface area contributed by atoms with Crippen LogP contribution in [0.5, 0.6) is 0 Å². The van der Waals surface area contributed by atoms with Gasteiger partial charge in [-0.1, -0.05) is 62.1 Å². The number of ketones is 1. The monoisotopic (exact) mass is 737 g/mol. The number of benzene rings is 3. The average molecular weight is 737 g/mol. The molecule has 0 fully saturated rings. The van der Waals surface area contributed by atoms with Gasteiger partial charge in [0, 0.05) is 48.7 Å². The van der Waals surface area contributed by atoms with Gasteiger partial charge in [0.15, 0.2) is 5.78 Å². The Hall–Kier alpha value is -3.99. The predicted octanol–water partition coefficient (Wildman–Crippen LogP) is 9.81. The minimum Gasteiger partial charge on any atom is -0.512 e. The molecule has 6 aromatic rings. The Morgan fingerprint density at radius 1 is 0.929 bits per heavy atom. The molecule has 3 aromatic heterocycles. The van der Waals surface area contributed by atoms with Crippen molar-refractivity contribution >= 4 is 38.7 Å². The molecule has 0 unspecified atom stereocenters. The number of aliphatic hydroxyl groups is 1. The molecule has 1 radical (unpaired) electrons. The van der Waals surface area contributed by atoms with Crippen LogP contribution in [0.1, 0.15) is 51.3 Å². The van der Waals surface area contributed by atoms with E-state index in [0.717, 1.165) is 55.5 Å². The maximum Gasteiger partial charge on any atom is 0.155 e. The van der Waals surface area contributed by atoms with Crippen molar-refractivity contribution in [3.63, 3.8) is 0 Å². The summed E-state index contributed by atoms with van der Waals surface area (Å²) < 4.78 is 12.6. The van der Waals surface area contributed by atoms with E-state index >= 15 is 0 Å². The van der Waals surface area contributed by atoms with Crippen molar-refractivity contribution in [2.45, 2.75) is 53.9 Å². The number of allylic oxidation sites excluding steroid dienone is 2. The molecule has 0 saturated heterocycles. The smallest absolute Gasteiger partial charge is 0.155 e. The van der Waals surface area contributed by atoms with E-state index in [4.69, 9.17) is 18.9 Å². The van der Waals surface area contributed by atoms with Gasteiger partial charge in [0.05, 0.1) is 11.3 Å². The van der Waals surface area contributed by atoms with Crippen LogP contribution < -0.4 is 0 Å². The van der Waals surface area contributed by atoms with Crippen LogP contribution in [0, 0.1) is 19.9 Å². The molecule has 5 nitrogen and oxygen atoms in total. The van der Waals surface area contributed by atoms with Crippen LogP contribution >= 0.6 is 0 Å². The minimum atomic E-state index is -0.125. The molecule has 0 saturated carbocycles. The van der Waals surface area contributed by atoms with Crippen LogP contribution in [0.4, 0.5) is 0 Å². The summed E-state index contributed by atoms with van der Waals surface area (Å²) in [6.07, 6.45) is 3.04. The molecule has 0 bridgehead atoms. The number of carbonyl (C=O) groups excluding carboxylic acids is 1. The number of aromatic nitrogens is 1. The maximum atomic E-state index is 10.0. The van der Waals surface area contributed by atoms with Crippen molar-refractivity contribution in [2.75, 3.05) is 0 Å². The first-order valence-corrected chi connectivity index (χ1v) is 13.6. The average Bonchev–Trinajstić information content (AvgIpc) is 3.48. The number of aryl methyl sites for hydroxylation is 2. The third kappa shape index (κ3) is 6.25. The van der Waals surface area contributed by atoms with Gasteiger partial charge >= 0.3 is 0 Å². The Morgan fingerprint density at radius 3 is 2.24 bits per heavy atom. The second-order valence-electron chi connectivity index (χ2n) is 11.5. The predicted molar refractivity (Wildman–Crippen MR) is 166 cm³/mol. The quantitative estimate of drug-likeness (QED) is 0.111. The molecule has 0 aliphatic heterocycles. The second-order valence-corrected chi connectivity index (χ2v) is 11.5. The summed E-state index contributed by atoms with van der Waals surface area (Å²) >= 11 is 0. The summed E-state index contributed by atoms with van der Waals surface area (Å²) in [7, 11) is 0. The van der Waals surface area contributed by atoms with E-state index in [2.05, 4.69) is 65.0 Å². The van der Waals surface area contributed by atoms with Crippen molar-refractivity contribution in [3.05, 3.63) is 101 Å². The first kappa shape index (κ1) is 31.0. The number of para-hydroxylation sites is 1. The van der Waals surface area contributed by atoms with E-state index < -0.39 is 0 Å². The topological polar surface area (TPSA) is 76.5 Å². The molecular formula is C36H34IrNO4-. The molecule has 0 spiro atoms. The van der Waals surface area contributed by atoms with E-state index in [1.54, 1.807) is 0 Å². The Morgan fingerprint density at radius 2 is 1.62 bits per heavy atom. The Labute approximate surface area is 259 Å². The molecule has 0 aliphatic rings. The Bertz CT molecular complexity index is 1930. The Balaban J connectivity index is 0.000000454. The molecule has 0 atom stereocenters. The van der Waals surface area contributed by atoms with E-state index in [1.165, 1.54) is 36.6 Å². The van der Waals surface area contributed by atoms with E-state index in [-0.39, 0.29) is 37.1 Å². The summed E-state index contributed by atoms with van der Waals surface area (Å²) in [6, 6.07) is 24.0. The molecule has 42 heavy (non-hydrogen) atoms. The van der Waals surface area contributed by atoms with Crippen LogP contribution in [0.2, 0.25) is 0 Å². The number of pyridine rings is 1. The van der Waals surface area contributed by atoms with Gasteiger partial charge in [-0.25, -0.2) is 0 Å². The van der Waals surface area contributed by atoms with Gasteiger partial charge in [0.25, 0.3) is 0 Å². The van der Waals surface area contributed by atoms with Crippen LogP contribution in [-0.4, -0.2) is 15.9 Å². The fourth-order valence-electron chi connectivity index (χ4n) is 5.15. The number of rotatable bonds is 3. The molecule has 3 aromatic carbocycles. The number of carbonyl (C=O) groups is 1. The minimum absolute atomic E-state index is 0. The van der Waals surface area contributed by atoms with Crippen LogP contribution in [0.3, 0.4) is 0 Å². The zero-order valence-electron chi connectivity index (χ0n) is 24.9. The molecule has 3 heterocycles. The number of hydrogen-bond donors (Lipinski definition) is 1. The largest absolute Gasteiger partial charge is 0.512 e. The van der Waals surface area contributed by atoms with Gasteiger partial charge in [-0.05, 0) is 73.7 Å². The van der Waals surface area contributed by atoms with E-state index in [0.29, 0.717) is 0 Å². The normalized spacial score (nSPS) is 11.8. The van der Waals surface area contributed by atoms with Gasteiger partial charge in [0.2, 0.25) is 0 Å². The fraction of sp³-hybridized carbons (Fsp3) is 0.222. The molecule has 0 aliphatic carbocycles. The molecule has 1 N–H and O–H groups in total. The summed E-state index contributed by atoms with van der Waals surface area (Å²) in [5, 5.41) is 11.5. The van der Waals surface area contributed by atoms with E-state index in [9.17, 15) is 4.79 Å². The summed E-state index contributed by atoms with van der Waals surface area (Å²) in [4.78, 5) is 14.8. The third-order valence-corrected chi connectivity index (χ3v) is 7.05. The van der Waals surface area contributed by atoms with Gasteiger partial charge < -0.3 is 18.9 Å². The SMILES string of the molecule is CC(=O)/C=C(/C)O.Cc1cc(C(C)(C)C)cc(C)c1-c1cc2cnc(-c3[c-]ccc4c3oc3ccccc34)cc2o1.[Ir]. The maximum absolute atomic E-state index is 10.0. The molecule has 217 valence electrons. The van der Waals surface area contributed by atoms with E-state index in [1.807, 2.05) is 42.6 Å². The van der Waals surface area contributed by atoms with Crippen molar-refractivity contribution in [1.82, 2.24) is 4.98 Å². The van der Waals surface area contributed by atoms with Crippen molar-refractivity contribution in [1.29, 1.82) is 0 Å². The zero-order valence-corrected chi connectivity index (χ0v) is 27.3. The van der Waals surface area contributed by atoms with Crippen molar-refractivity contribution in [3.8, 4) is 22.6 Å².